The summed E-state index contributed by atoms with van der Waals surface area (Å²) in [7, 11) is 0. The van der Waals surface area contributed by atoms with Gasteiger partial charge in [-0.2, -0.15) is 0 Å². The monoisotopic (exact) mass is 144 g/mol. The first-order valence-corrected chi connectivity index (χ1v) is 3.47. The molecule has 0 aromatic heterocycles. The van der Waals surface area contributed by atoms with E-state index >= 15 is 0 Å². The average Bonchev–Trinajstić information content (AvgIpc) is 2.61. The lowest BCUT2D eigenvalue weighted by atomic mass is 10.1. The molecule has 0 saturated carbocycles. The van der Waals surface area contributed by atoms with Gasteiger partial charge < -0.3 is 19.3 Å². The highest BCUT2D eigenvalue weighted by molar-refractivity contribution is 5.03. The molecule has 5 atom stereocenters. The second-order valence-corrected chi connectivity index (χ2v) is 2.93. The molecule has 3 rings (SSSR count). The predicted molar refractivity (Wildman–Crippen MR) is 29.3 cm³/mol. The zero-order valence-corrected chi connectivity index (χ0v) is 5.27. The van der Waals surface area contributed by atoms with Crippen molar-refractivity contribution in [2.24, 2.45) is 0 Å². The number of hydrogen-bond donors (Lipinski definition) is 1. The van der Waals surface area contributed by atoms with Crippen LogP contribution in [0.1, 0.15) is 0 Å². The van der Waals surface area contributed by atoms with Crippen LogP contribution in [-0.2, 0) is 14.2 Å². The second-order valence-electron chi connectivity index (χ2n) is 2.93. The number of aliphatic hydroxyl groups excluding tert-OH is 1. The van der Waals surface area contributed by atoms with Gasteiger partial charge >= 0.3 is 0 Å². The lowest BCUT2D eigenvalue weighted by Gasteiger charge is -2.18. The van der Waals surface area contributed by atoms with Crippen molar-refractivity contribution in [3.8, 4) is 0 Å². The SMILES string of the molecule is O[C@@H]1C2CO[C@H](O2)C2O[C@@H]21. The van der Waals surface area contributed by atoms with Crippen LogP contribution in [-0.4, -0.2) is 42.4 Å². The first kappa shape index (κ1) is 5.49. The third-order valence-corrected chi connectivity index (χ3v) is 2.28. The summed E-state index contributed by atoms with van der Waals surface area (Å²) in [4.78, 5) is 0. The number of epoxide rings is 1. The van der Waals surface area contributed by atoms with Crippen molar-refractivity contribution in [2.45, 2.75) is 30.7 Å². The number of ether oxygens (including phenoxy) is 3. The molecule has 3 heterocycles. The van der Waals surface area contributed by atoms with Gasteiger partial charge in [0.15, 0.2) is 6.29 Å². The molecule has 0 radical (unpaired) electrons. The van der Waals surface area contributed by atoms with E-state index in [1.54, 1.807) is 0 Å². The summed E-state index contributed by atoms with van der Waals surface area (Å²) < 4.78 is 15.6. The standard InChI is InChI=1S/C6H8O4/c7-3-2-1-8-6(9-2)5-4(3)10-5/h2-7H,1H2/t2?,3-,4-,5?,6-/m1/s1. The third kappa shape index (κ3) is 0.509. The highest BCUT2D eigenvalue weighted by atomic mass is 16.8. The third-order valence-electron chi connectivity index (χ3n) is 2.28. The lowest BCUT2D eigenvalue weighted by molar-refractivity contribution is -0.103. The zero-order chi connectivity index (χ0) is 6.72. The van der Waals surface area contributed by atoms with Gasteiger partial charge in [-0.3, -0.25) is 0 Å². The molecular formula is C6H8O4. The van der Waals surface area contributed by atoms with E-state index in [-0.39, 0.29) is 24.6 Å². The quantitative estimate of drug-likeness (QED) is 0.437. The molecule has 1 N–H and O–H groups in total. The van der Waals surface area contributed by atoms with Crippen molar-refractivity contribution in [1.29, 1.82) is 0 Å². The van der Waals surface area contributed by atoms with E-state index in [1.165, 1.54) is 0 Å². The smallest absolute Gasteiger partial charge is 0.187 e. The largest absolute Gasteiger partial charge is 0.387 e. The first-order valence-electron chi connectivity index (χ1n) is 3.47. The average molecular weight is 144 g/mol. The van der Waals surface area contributed by atoms with Gasteiger partial charge in [-0.1, -0.05) is 0 Å². The Labute approximate surface area is 57.7 Å². The molecule has 3 aliphatic heterocycles. The van der Waals surface area contributed by atoms with Crippen LogP contribution < -0.4 is 0 Å². The minimum absolute atomic E-state index is 0.00810. The Bertz CT molecular complexity index is 169. The molecule has 56 valence electrons. The van der Waals surface area contributed by atoms with Gasteiger partial charge in [-0.25, -0.2) is 0 Å². The van der Waals surface area contributed by atoms with Crippen molar-refractivity contribution in [1.82, 2.24) is 0 Å². The summed E-state index contributed by atoms with van der Waals surface area (Å²) in [5, 5.41) is 9.38. The van der Waals surface area contributed by atoms with Gasteiger partial charge in [0.1, 0.15) is 24.4 Å². The predicted octanol–water partition coefficient (Wildman–Crippen LogP) is -1.13. The molecule has 0 spiro atoms. The Balaban J connectivity index is 1.91. The van der Waals surface area contributed by atoms with E-state index in [1.807, 2.05) is 0 Å². The molecule has 2 bridgehead atoms. The summed E-state index contributed by atoms with van der Waals surface area (Å²) in [6.07, 6.45) is -0.809. The van der Waals surface area contributed by atoms with Gasteiger partial charge in [0.2, 0.25) is 0 Å². The number of rotatable bonds is 0. The van der Waals surface area contributed by atoms with Crippen molar-refractivity contribution in [3.63, 3.8) is 0 Å². The van der Waals surface area contributed by atoms with Crippen molar-refractivity contribution in [2.75, 3.05) is 6.61 Å². The van der Waals surface area contributed by atoms with E-state index in [0.717, 1.165) is 0 Å². The van der Waals surface area contributed by atoms with Gasteiger partial charge in [-0.15, -0.1) is 0 Å². The molecule has 3 aliphatic rings. The number of fused-ring (bicyclic) bond motifs is 4. The van der Waals surface area contributed by atoms with E-state index in [2.05, 4.69) is 0 Å². The van der Waals surface area contributed by atoms with Crippen LogP contribution in [0.2, 0.25) is 0 Å². The Morgan fingerprint density at radius 3 is 3.00 bits per heavy atom. The Morgan fingerprint density at radius 2 is 2.10 bits per heavy atom. The zero-order valence-electron chi connectivity index (χ0n) is 5.27. The maximum absolute atomic E-state index is 9.38. The molecule has 0 aromatic carbocycles. The summed E-state index contributed by atoms with van der Waals surface area (Å²) >= 11 is 0. The van der Waals surface area contributed by atoms with Crippen LogP contribution >= 0.6 is 0 Å². The molecule has 3 saturated heterocycles. The van der Waals surface area contributed by atoms with Crippen LogP contribution in [0.15, 0.2) is 0 Å². The van der Waals surface area contributed by atoms with E-state index in [4.69, 9.17) is 14.2 Å². The van der Waals surface area contributed by atoms with E-state index < -0.39 is 6.10 Å². The van der Waals surface area contributed by atoms with Gasteiger partial charge in [0.25, 0.3) is 0 Å². The van der Waals surface area contributed by atoms with Crippen molar-refractivity contribution in [3.05, 3.63) is 0 Å². The maximum Gasteiger partial charge on any atom is 0.187 e. The highest BCUT2D eigenvalue weighted by Crippen LogP contribution is 2.41. The van der Waals surface area contributed by atoms with Gasteiger partial charge in [0.05, 0.1) is 6.61 Å². The minimum Gasteiger partial charge on any atom is -0.387 e. The Morgan fingerprint density at radius 1 is 1.20 bits per heavy atom. The van der Waals surface area contributed by atoms with Crippen molar-refractivity contribution >= 4 is 0 Å². The van der Waals surface area contributed by atoms with Crippen LogP contribution in [0, 0.1) is 0 Å². The molecule has 0 amide bonds. The topological polar surface area (TPSA) is 51.2 Å². The van der Waals surface area contributed by atoms with Gasteiger partial charge in [0, 0.05) is 0 Å². The number of hydrogen-bond acceptors (Lipinski definition) is 4. The molecule has 4 nitrogen and oxygen atoms in total. The first-order chi connectivity index (χ1) is 4.86. The van der Waals surface area contributed by atoms with Crippen molar-refractivity contribution < 1.29 is 19.3 Å². The summed E-state index contributed by atoms with van der Waals surface area (Å²) in [5.41, 5.74) is 0. The summed E-state index contributed by atoms with van der Waals surface area (Å²) in [6.45, 7) is 0.516. The van der Waals surface area contributed by atoms with Crippen LogP contribution in [0.3, 0.4) is 0 Å². The molecule has 4 heteroatoms. The fraction of sp³-hybridized carbons (Fsp3) is 1.00. The highest BCUT2D eigenvalue weighted by Gasteiger charge is 2.61. The molecule has 10 heavy (non-hydrogen) atoms. The molecule has 0 aromatic rings. The Hall–Kier alpha value is -0.160. The maximum atomic E-state index is 9.38. The fourth-order valence-electron chi connectivity index (χ4n) is 1.63. The van der Waals surface area contributed by atoms with Gasteiger partial charge in [-0.05, 0) is 0 Å². The van der Waals surface area contributed by atoms with Crippen LogP contribution in [0.4, 0.5) is 0 Å². The molecule has 0 aliphatic carbocycles. The summed E-state index contributed by atoms with van der Waals surface area (Å²) in [6, 6.07) is 0. The molecular weight excluding hydrogens is 136 g/mol. The van der Waals surface area contributed by atoms with Crippen LogP contribution in [0.25, 0.3) is 0 Å². The Kier molecular flexibility index (Phi) is 0.840. The number of aliphatic hydroxyl groups is 1. The lowest BCUT2D eigenvalue weighted by Crippen LogP contribution is -2.39. The molecule has 2 unspecified atom stereocenters. The second kappa shape index (κ2) is 1.53. The fourth-order valence-corrected chi connectivity index (χ4v) is 1.63. The van der Waals surface area contributed by atoms with Crippen LogP contribution in [0.5, 0.6) is 0 Å². The molecule has 3 fully saturated rings. The summed E-state index contributed by atoms with van der Waals surface area (Å²) in [5.74, 6) is 0. The van der Waals surface area contributed by atoms with E-state index in [9.17, 15) is 5.11 Å². The van der Waals surface area contributed by atoms with E-state index in [0.29, 0.717) is 6.61 Å². The normalized spacial score (nSPS) is 63.9. The minimum atomic E-state index is -0.469.